The van der Waals surface area contributed by atoms with Crippen molar-refractivity contribution in [2.75, 3.05) is 11.9 Å². The molecule has 2 aromatic heterocycles. The van der Waals surface area contributed by atoms with Crippen LogP contribution in [0.4, 0.5) is 6.01 Å². The molecule has 0 aliphatic carbocycles. The summed E-state index contributed by atoms with van der Waals surface area (Å²) in [5.41, 5.74) is 0.900. The molecule has 2 heterocycles. The SMILES string of the molecule is CC(=O)NCCCC(=O)Nc1ncc(-c2nc3ccccc3s2)o1. The molecule has 0 fully saturated rings. The summed E-state index contributed by atoms with van der Waals surface area (Å²) in [4.78, 5) is 31.1. The Hall–Kier alpha value is -2.74. The molecule has 3 aromatic rings. The molecule has 2 amide bonds. The Labute approximate surface area is 142 Å². The molecule has 0 bridgehead atoms. The Kier molecular flexibility index (Phi) is 4.85. The summed E-state index contributed by atoms with van der Waals surface area (Å²) in [5, 5.41) is 5.96. The van der Waals surface area contributed by atoms with Gasteiger partial charge in [0.1, 0.15) is 0 Å². The number of rotatable bonds is 6. The zero-order chi connectivity index (χ0) is 16.9. The molecule has 24 heavy (non-hydrogen) atoms. The van der Waals surface area contributed by atoms with Crippen LogP contribution in [0.5, 0.6) is 0 Å². The Morgan fingerprint density at radius 1 is 1.29 bits per heavy atom. The van der Waals surface area contributed by atoms with Crippen LogP contribution in [0.3, 0.4) is 0 Å². The number of para-hydroxylation sites is 1. The highest BCUT2D eigenvalue weighted by Gasteiger charge is 2.13. The number of carbonyl (C=O) groups excluding carboxylic acids is 2. The number of carbonyl (C=O) groups is 2. The first-order chi connectivity index (χ1) is 11.6. The topological polar surface area (TPSA) is 97.1 Å². The van der Waals surface area contributed by atoms with Crippen LogP contribution in [-0.2, 0) is 9.59 Å². The third-order valence-corrected chi connectivity index (χ3v) is 4.26. The Morgan fingerprint density at radius 3 is 2.92 bits per heavy atom. The van der Waals surface area contributed by atoms with Crippen LogP contribution in [0.25, 0.3) is 21.0 Å². The largest absolute Gasteiger partial charge is 0.421 e. The average Bonchev–Trinajstić information content (AvgIpc) is 3.17. The highest BCUT2D eigenvalue weighted by molar-refractivity contribution is 7.21. The van der Waals surface area contributed by atoms with Gasteiger partial charge >= 0.3 is 6.01 Å². The van der Waals surface area contributed by atoms with Gasteiger partial charge in [0.15, 0.2) is 10.8 Å². The summed E-state index contributed by atoms with van der Waals surface area (Å²) in [6, 6.07) is 7.96. The van der Waals surface area contributed by atoms with E-state index in [9.17, 15) is 9.59 Å². The highest BCUT2D eigenvalue weighted by Crippen LogP contribution is 2.31. The fraction of sp³-hybridized carbons (Fsp3) is 0.250. The number of nitrogens with zero attached hydrogens (tertiary/aromatic N) is 2. The Bertz CT molecular complexity index is 838. The fourth-order valence-corrected chi connectivity index (χ4v) is 3.02. The molecule has 1 aromatic carbocycles. The van der Waals surface area contributed by atoms with Gasteiger partial charge in [0.05, 0.1) is 16.4 Å². The lowest BCUT2D eigenvalue weighted by Gasteiger charge is -2.02. The molecule has 7 nitrogen and oxygen atoms in total. The standard InChI is InChI=1S/C16H16N4O3S/c1-10(21)17-8-4-7-14(22)20-16-18-9-12(23-16)15-19-11-5-2-3-6-13(11)24-15/h2-3,5-6,9H,4,7-8H2,1H3,(H,17,21)(H,18,20,22). The van der Waals surface area contributed by atoms with Gasteiger partial charge in [0, 0.05) is 19.9 Å². The second-order valence-electron chi connectivity index (χ2n) is 5.15. The number of oxazole rings is 1. The number of thiazole rings is 1. The molecular formula is C16H16N4O3S. The van der Waals surface area contributed by atoms with E-state index in [1.165, 1.54) is 18.3 Å². The average molecular weight is 344 g/mol. The van der Waals surface area contributed by atoms with Gasteiger partial charge in [-0.3, -0.25) is 14.9 Å². The predicted molar refractivity (Wildman–Crippen MR) is 91.7 cm³/mol. The van der Waals surface area contributed by atoms with E-state index in [0.717, 1.165) is 15.2 Å². The van der Waals surface area contributed by atoms with Crippen molar-refractivity contribution in [1.82, 2.24) is 15.3 Å². The Balaban J connectivity index is 1.59. The molecule has 3 rings (SSSR count). The zero-order valence-corrected chi connectivity index (χ0v) is 13.9. The molecule has 0 saturated carbocycles. The van der Waals surface area contributed by atoms with Gasteiger partial charge in [0.25, 0.3) is 0 Å². The van der Waals surface area contributed by atoms with Gasteiger partial charge in [-0.05, 0) is 18.6 Å². The third kappa shape index (κ3) is 3.96. The molecule has 0 unspecified atom stereocenters. The van der Waals surface area contributed by atoms with Gasteiger partial charge in [-0.2, -0.15) is 0 Å². The summed E-state index contributed by atoms with van der Waals surface area (Å²) < 4.78 is 6.61. The maximum absolute atomic E-state index is 11.8. The minimum atomic E-state index is -0.210. The van der Waals surface area contributed by atoms with Crippen LogP contribution in [0.1, 0.15) is 19.8 Å². The van der Waals surface area contributed by atoms with Crippen molar-refractivity contribution in [3.8, 4) is 10.8 Å². The second kappa shape index (κ2) is 7.22. The lowest BCUT2D eigenvalue weighted by molar-refractivity contribution is -0.119. The van der Waals surface area contributed by atoms with Crippen LogP contribution in [-0.4, -0.2) is 28.3 Å². The number of hydrogen-bond donors (Lipinski definition) is 2. The number of amides is 2. The van der Waals surface area contributed by atoms with Crippen LogP contribution in [0.2, 0.25) is 0 Å². The first-order valence-corrected chi connectivity index (χ1v) is 8.29. The van der Waals surface area contributed by atoms with Crippen LogP contribution in [0, 0.1) is 0 Å². The van der Waals surface area contributed by atoms with E-state index >= 15 is 0 Å². The molecule has 0 atom stereocenters. The first-order valence-electron chi connectivity index (χ1n) is 7.48. The quantitative estimate of drug-likeness (QED) is 0.670. The number of nitrogens with one attached hydrogen (secondary N) is 2. The van der Waals surface area contributed by atoms with Gasteiger partial charge in [-0.25, -0.2) is 9.97 Å². The predicted octanol–water partition coefficient (Wildman–Crippen LogP) is 2.81. The zero-order valence-electron chi connectivity index (χ0n) is 13.0. The van der Waals surface area contributed by atoms with E-state index in [0.29, 0.717) is 18.7 Å². The van der Waals surface area contributed by atoms with E-state index < -0.39 is 0 Å². The van der Waals surface area contributed by atoms with Crippen molar-refractivity contribution < 1.29 is 14.0 Å². The summed E-state index contributed by atoms with van der Waals surface area (Å²) >= 11 is 1.50. The van der Waals surface area contributed by atoms with E-state index in [1.54, 1.807) is 6.20 Å². The van der Waals surface area contributed by atoms with E-state index in [1.807, 2.05) is 24.3 Å². The molecule has 0 radical (unpaired) electrons. The minimum absolute atomic E-state index is 0.108. The smallest absolute Gasteiger partial charge is 0.301 e. The molecule has 0 aliphatic heterocycles. The lowest BCUT2D eigenvalue weighted by Crippen LogP contribution is -2.22. The summed E-state index contributed by atoms with van der Waals surface area (Å²) in [6.45, 7) is 1.90. The van der Waals surface area contributed by atoms with Crippen molar-refractivity contribution in [3.63, 3.8) is 0 Å². The fourth-order valence-electron chi connectivity index (χ4n) is 2.10. The molecule has 2 N–H and O–H groups in total. The molecule has 8 heteroatoms. The van der Waals surface area contributed by atoms with Crippen LogP contribution >= 0.6 is 11.3 Å². The highest BCUT2D eigenvalue weighted by atomic mass is 32.1. The van der Waals surface area contributed by atoms with Crippen molar-refractivity contribution in [1.29, 1.82) is 0 Å². The van der Waals surface area contributed by atoms with Crippen molar-refractivity contribution in [3.05, 3.63) is 30.5 Å². The molecule has 0 aliphatic rings. The van der Waals surface area contributed by atoms with E-state index in [2.05, 4.69) is 20.6 Å². The number of hydrogen-bond acceptors (Lipinski definition) is 6. The monoisotopic (exact) mass is 344 g/mol. The number of aromatic nitrogens is 2. The minimum Gasteiger partial charge on any atom is -0.421 e. The van der Waals surface area contributed by atoms with Crippen LogP contribution < -0.4 is 10.6 Å². The number of anilines is 1. The van der Waals surface area contributed by atoms with Crippen molar-refractivity contribution >= 4 is 39.4 Å². The lowest BCUT2D eigenvalue weighted by atomic mass is 10.3. The molecular weight excluding hydrogens is 328 g/mol. The van der Waals surface area contributed by atoms with Crippen LogP contribution in [0.15, 0.2) is 34.9 Å². The summed E-state index contributed by atoms with van der Waals surface area (Å²) in [5.74, 6) is 0.200. The van der Waals surface area contributed by atoms with Gasteiger partial charge in [-0.1, -0.05) is 12.1 Å². The normalized spacial score (nSPS) is 10.7. The van der Waals surface area contributed by atoms with Crippen molar-refractivity contribution in [2.45, 2.75) is 19.8 Å². The molecule has 0 saturated heterocycles. The molecule has 124 valence electrons. The van der Waals surface area contributed by atoms with Gasteiger partial charge in [-0.15, -0.1) is 11.3 Å². The maximum Gasteiger partial charge on any atom is 0.301 e. The first kappa shape index (κ1) is 16.1. The number of fused-ring (bicyclic) bond motifs is 1. The molecule has 0 spiro atoms. The van der Waals surface area contributed by atoms with Crippen molar-refractivity contribution in [2.24, 2.45) is 0 Å². The maximum atomic E-state index is 11.8. The van der Waals surface area contributed by atoms with E-state index in [-0.39, 0.29) is 24.2 Å². The van der Waals surface area contributed by atoms with E-state index in [4.69, 9.17) is 4.42 Å². The summed E-state index contributed by atoms with van der Waals surface area (Å²) in [7, 11) is 0. The second-order valence-corrected chi connectivity index (χ2v) is 6.18. The van der Waals surface area contributed by atoms with Gasteiger partial charge in [0.2, 0.25) is 11.8 Å². The summed E-state index contributed by atoms with van der Waals surface area (Å²) in [6.07, 6.45) is 2.38. The Morgan fingerprint density at radius 2 is 2.12 bits per heavy atom. The number of benzene rings is 1. The van der Waals surface area contributed by atoms with Gasteiger partial charge < -0.3 is 9.73 Å². The third-order valence-electron chi connectivity index (χ3n) is 3.21.